The molecule has 1 N–H and O–H groups in total. The number of pyridine rings is 1. The lowest BCUT2D eigenvalue weighted by Crippen LogP contribution is -2.23. The van der Waals surface area contributed by atoms with Gasteiger partial charge in [-0.05, 0) is 35.9 Å². The smallest absolute Gasteiger partial charge is 0.406 e. The van der Waals surface area contributed by atoms with Crippen LogP contribution in [0.15, 0.2) is 48.8 Å². The van der Waals surface area contributed by atoms with E-state index in [0.717, 1.165) is 17.7 Å². The van der Waals surface area contributed by atoms with Crippen molar-refractivity contribution < 1.29 is 22.7 Å². The third-order valence-corrected chi connectivity index (χ3v) is 2.53. The van der Waals surface area contributed by atoms with Crippen LogP contribution in [0.3, 0.4) is 0 Å². The van der Waals surface area contributed by atoms with Crippen LogP contribution in [0.5, 0.6) is 5.75 Å². The molecule has 7 heteroatoms. The fourth-order valence-electron chi connectivity index (χ4n) is 1.60. The normalized spacial score (nSPS) is 11.0. The van der Waals surface area contributed by atoms with E-state index in [1.54, 1.807) is 24.5 Å². The SMILES string of the molecule is O=C(NCc1cccnc1)c1ccc(OC(F)(F)F)cc1. The van der Waals surface area contributed by atoms with Crippen molar-refractivity contribution in [3.8, 4) is 5.75 Å². The first-order valence-electron chi connectivity index (χ1n) is 5.97. The Morgan fingerprint density at radius 3 is 2.48 bits per heavy atom. The fourth-order valence-corrected chi connectivity index (χ4v) is 1.60. The molecule has 0 saturated carbocycles. The maximum Gasteiger partial charge on any atom is 0.573 e. The summed E-state index contributed by atoms with van der Waals surface area (Å²) in [5.41, 5.74) is 1.07. The molecule has 0 bridgehead atoms. The second-order valence-electron chi connectivity index (χ2n) is 4.12. The number of halogens is 3. The largest absolute Gasteiger partial charge is 0.573 e. The fraction of sp³-hybridized carbons (Fsp3) is 0.143. The van der Waals surface area contributed by atoms with Crippen molar-refractivity contribution in [3.05, 3.63) is 59.9 Å². The molecule has 1 amide bonds. The van der Waals surface area contributed by atoms with Crippen LogP contribution in [-0.2, 0) is 6.54 Å². The zero-order valence-corrected chi connectivity index (χ0v) is 10.7. The van der Waals surface area contributed by atoms with E-state index < -0.39 is 12.3 Å². The molecule has 2 rings (SSSR count). The van der Waals surface area contributed by atoms with E-state index in [4.69, 9.17) is 0 Å². The summed E-state index contributed by atoms with van der Waals surface area (Å²) in [4.78, 5) is 15.7. The summed E-state index contributed by atoms with van der Waals surface area (Å²) < 4.78 is 39.7. The van der Waals surface area contributed by atoms with E-state index in [1.807, 2.05) is 0 Å². The molecule has 0 aliphatic rings. The molecule has 1 heterocycles. The van der Waals surface area contributed by atoms with Gasteiger partial charge < -0.3 is 10.1 Å². The minimum atomic E-state index is -4.75. The molecule has 2 aromatic rings. The molecule has 0 atom stereocenters. The third kappa shape index (κ3) is 4.79. The number of ether oxygens (including phenoxy) is 1. The third-order valence-electron chi connectivity index (χ3n) is 2.53. The molecule has 0 radical (unpaired) electrons. The second-order valence-corrected chi connectivity index (χ2v) is 4.12. The van der Waals surface area contributed by atoms with Gasteiger partial charge in [-0.15, -0.1) is 13.2 Å². The Morgan fingerprint density at radius 2 is 1.90 bits per heavy atom. The van der Waals surface area contributed by atoms with Crippen LogP contribution in [0.25, 0.3) is 0 Å². The second kappa shape index (κ2) is 6.25. The zero-order chi connectivity index (χ0) is 15.3. The predicted octanol–water partition coefficient (Wildman–Crippen LogP) is 2.91. The molecule has 0 unspecified atom stereocenters. The Kier molecular flexibility index (Phi) is 4.42. The molecule has 0 spiro atoms. The highest BCUT2D eigenvalue weighted by Crippen LogP contribution is 2.22. The standard InChI is InChI=1S/C14H11F3N2O2/c15-14(16,17)21-12-5-3-11(4-6-12)13(20)19-9-10-2-1-7-18-8-10/h1-8H,9H2,(H,19,20). The highest BCUT2D eigenvalue weighted by Gasteiger charge is 2.31. The van der Waals surface area contributed by atoms with Gasteiger partial charge in [-0.2, -0.15) is 0 Å². The number of hydrogen-bond donors (Lipinski definition) is 1. The quantitative estimate of drug-likeness (QED) is 0.943. The number of benzene rings is 1. The number of nitrogens with one attached hydrogen (secondary N) is 1. The van der Waals surface area contributed by atoms with Gasteiger partial charge in [0.2, 0.25) is 0 Å². The predicted molar refractivity (Wildman–Crippen MR) is 68.5 cm³/mol. The van der Waals surface area contributed by atoms with Gasteiger partial charge in [-0.25, -0.2) is 0 Å². The summed E-state index contributed by atoms with van der Waals surface area (Å²) in [5, 5.41) is 2.64. The van der Waals surface area contributed by atoms with Crippen molar-refractivity contribution >= 4 is 5.91 Å². The van der Waals surface area contributed by atoms with E-state index in [-0.39, 0.29) is 17.9 Å². The Morgan fingerprint density at radius 1 is 1.19 bits per heavy atom. The Balaban J connectivity index is 1.94. The van der Waals surface area contributed by atoms with Crippen molar-refractivity contribution in [3.63, 3.8) is 0 Å². The molecule has 0 aliphatic heterocycles. The van der Waals surface area contributed by atoms with Crippen LogP contribution in [0.1, 0.15) is 15.9 Å². The minimum absolute atomic E-state index is 0.244. The lowest BCUT2D eigenvalue weighted by Gasteiger charge is -2.09. The van der Waals surface area contributed by atoms with E-state index in [9.17, 15) is 18.0 Å². The number of aromatic nitrogens is 1. The first-order chi connectivity index (χ1) is 9.94. The van der Waals surface area contributed by atoms with Crippen LogP contribution in [0.4, 0.5) is 13.2 Å². The lowest BCUT2D eigenvalue weighted by molar-refractivity contribution is -0.274. The first-order valence-corrected chi connectivity index (χ1v) is 5.97. The van der Waals surface area contributed by atoms with Gasteiger partial charge in [0.25, 0.3) is 5.91 Å². The van der Waals surface area contributed by atoms with Crippen molar-refractivity contribution in [2.45, 2.75) is 12.9 Å². The highest BCUT2D eigenvalue weighted by atomic mass is 19.4. The van der Waals surface area contributed by atoms with Crippen LogP contribution in [0, 0.1) is 0 Å². The van der Waals surface area contributed by atoms with Crippen molar-refractivity contribution in [2.75, 3.05) is 0 Å². The Bertz CT molecular complexity index is 598. The Labute approximate surface area is 118 Å². The molecule has 0 saturated heterocycles. The van der Waals surface area contributed by atoms with Gasteiger partial charge in [0, 0.05) is 24.5 Å². The van der Waals surface area contributed by atoms with Crippen LogP contribution >= 0.6 is 0 Å². The maximum atomic E-state index is 12.0. The number of alkyl halides is 3. The molecule has 0 aliphatic carbocycles. The number of amides is 1. The van der Waals surface area contributed by atoms with Crippen LogP contribution in [0.2, 0.25) is 0 Å². The van der Waals surface area contributed by atoms with E-state index in [1.165, 1.54) is 12.1 Å². The van der Waals surface area contributed by atoms with Crippen molar-refractivity contribution in [1.29, 1.82) is 0 Å². The lowest BCUT2D eigenvalue weighted by atomic mass is 10.2. The van der Waals surface area contributed by atoms with E-state index in [2.05, 4.69) is 15.0 Å². The first kappa shape index (κ1) is 14.8. The summed E-state index contributed by atoms with van der Waals surface area (Å²) in [7, 11) is 0. The van der Waals surface area contributed by atoms with Crippen LogP contribution < -0.4 is 10.1 Å². The summed E-state index contributed by atoms with van der Waals surface area (Å²) in [6.45, 7) is 0.285. The average Bonchev–Trinajstić information content (AvgIpc) is 2.45. The minimum Gasteiger partial charge on any atom is -0.406 e. The molecule has 21 heavy (non-hydrogen) atoms. The number of carbonyl (C=O) groups is 1. The summed E-state index contributed by atoms with van der Waals surface area (Å²) in [6.07, 6.45) is -1.52. The molecule has 1 aromatic carbocycles. The summed E-state index contributed by atoms with van der Waals surface area (Å²) in [6, 6.07) is 8.25. The molecule has 110 valence electrons. The maximum absolute atomic E-state index is 12.0. The Hall–Kier alpha value is -2.57. The topological polar surface area (TPSA) is 51.2 Å². The number of hydrogen-bond acceptors (Lipinski definition) is 3. The van der Waals surface area contributed by atoms with Gasteiger partial charge in [0.05, 0.1) is 0 Å². The number of carbonyl (C=O) groups excluding carboxylic acids is 1. The summed E-state index contributed by atoms with van der Waals surface area (Å²) >= 11 is 0. The van der Waals surface area contributed by atoms with Gasteiger partial charge in [0.15, 0.2) is 0 Å². The van der Waals surface area contributed by atoms with Crippen LogP contribution in [-0.4, -0.2) is 17.3 Å². The van der Waals surface area contributed by atoms with Crippen molar-refractivity contribution in [1.82, 2.24) is 10.3 Å². The highest BCUT2D eigenvalue weighted by molar-refractivity contribution is 5.94. The summed E-state index contributed by atoms with van der Waals surface area (Å²) in [5.74, 6) is -0.760. The molecular weight excluding hydrogens is 285 g/mol. The number of rotatable bonds is 4. The monoisotopic (exact) mass is 296 g/mol. The van der Waals surface area contributed by atoms with E-state index >= 15 is 0 Å². The zero-order valence-electron chi connectivity index (χ0n) is 10.7. The molecule has 0 fully saturated rings. The van der Waals surface area contributed by atoms with E-state index in [0.29, 0.717) is 0 Å². The average molecular weight is 296 g/mol. The van der Waals surface area contributed by atoms with Gasteiger partial charge >= 0.3 is 6.36 Å². The van der Waals surface area contributed by atoms with Crippen molar-refractivity contribution in [2.24, 2.45) is 0 Å². The van der Waals surface area contributed by atoms with Gasteiger partial charge in [0.1, 0.15) is 5.75 Å². The molecule has 4 nitrogen and oxygen atoms in total. The molecular formula is C14H11F3N2O2. The van der Waals surface area contributed by atoms with Gasteiger partial charge in [-0.3, -0.25) is 9.78 Å². The van der Waals surface area contributed by atoms with Gasteiger partial charge in [-0.1, -0.05) is 6.07 Å². The molecule has 1 aromatic heterocycles. The number of nitrogens with zero attached hydrogens (tertiary/aromatic N) is 1.